The fraction of sp³-hybridized carbons (Fsp3) is 0.312. The number of hydrogen-bond acceptors (Lipinski definition) is 3. The van der Waals surface area contributed by atoms with Gasteiger partial charge >= 0.3 is 0 Å². The standard InChI is InChI=1S/C16H18IN3O2/c1-11(2)14-7-16(22)20(10-19-14)9-15(21)18-8-12-3-5-13(17)6-4-12/h3-7,10-11H,8-9H2,1-2H3,(H,18,21). The molecule has 1 aromatic heterocycles. The maximum Gasteiger partial charge on any atom is 0.254 e. The van der Waals surface area contributed by atoms with E-state index in [1.165, 1.54) is 17.0 Å². The molecular weight excluding hydrogens is 393 g/mol. The van der Waals surface area contributed by atoms with Gasteiger partial charge in [-0.05, 0) is 46.2 Å². The van der Waals surface area contributed by atoms with Crippen LogP contribution in [0.3, 0.4) is 0 Å². The molecule has 1 N–H and O–H groups in total. The van der Waals surface area contributed by atoms with E-state index in [4.69, 9.17) is 0 Å². The minimum atomic E-state index is -0.209. The quantitative estimate of drug-likeness (QED) is 0.769. The van der Waals surface area contributed by atoms with Crippen molar-refractivity contribution in [3.63, 3.8) is 0 Å². The largest absolute Gasteiger partial charge is 0.350 e. The first-order valence-electron chi connectivity index (χ1n) is 7.03. The van der Waals surface area contributed by atoms with Crippen LogP contribution in [0, 0.1) is 3.57 Å². The van der Waals surface area contributed by atoms with Gasteiger partial charge in [0.1, 0.15) is 6.54 Å². The molecule has 0 atom stereocenters. The van der Waals surface area contributed by atoms with E-state index in [9.17, 15) is 9.59 Å². The third-order valence-corrected chi connectivity index (χ3v) is 3.93. The van der Waals surface area contributed by atoms with Gasteiger partial charge in [0.2, 0.25) is 5.91 Å². The van der Waals surface area contributed by atoms with E-state index in [0.717, 1.165) is 14.8 Å². The number of rotatable bonds is 5. The fourth-order valence-electron chi connectivity index (χ4n) is 1.89. The number of carbonyl (C=O) groups is 1. The monoisotopic (exact) mass is 411 g/mol. The van der Waals surface area contributed by atoms with Crippen LogP contribution in [0.15, 0.2) is 41.5 Å². The maximum atomic E-state index is 11.9. The highest BCUT2D eigenvalue weighted by molar-refractivity contribution is 14.1. The number of amides is 1. The van der Waals surface area contributed by atoms with Gasteiger partial charge in [0.25, 0.3) is 5.56 Å². The molecule has 5 nitrogen and oxygen atoms in total. The number of carbonyl (C=O) groups excluding carboxylic acids is 1. The number of halogens is 1. The molecule has 0 unspecified atom stereocenters. The molecule has 2 aromatic rings. The van der Waals surface area contributed by atoms with Gasteiger partial charge in [-0.25, -0.2) is 4.98 Å². The van der Waals surface area contributed by atoms with Crippen LogP contribution in [0.2, 0.25) is 0 Å². The van der Waals surface area contributed by atoms with Gasteiger partial charge in [-0.1, -0.05) is 26.0 Å². The smallest absolute Gasteiger partial charge is 0.254 e. The Hall–Kier alpha value is -1.70. The third-order valence-electron chi connectivity index (χ3n) is 3.21. The molecule has 0 aliphatic carbocycles. The maximum absolute atomic E-state index is 11.9. The summed E-state index contributed by atoms with van der Waals surface area (Å²) in [6.45, 7) is 4.37. The zero-order valence-corrected chi connectivity index (χ0v) is 14.7. The Morgan fingerprint density at radius 3 is 2.59 bits per heavy atom. The number of nitrogens with one attached hydrogen (secondary N) is 1. The molecule has 116 valence electrons. The normalized spacial score (nSPS) is 10.7. The van der Waals surface area contributed by atoms with E-state index in [1.54, 1.807) is 0 Å². The van der Waals surface area contributed by atoms with Crippen LogP contribution in [0.4, 0.5) is 0 Å². The molecule has 0 radical (unpaired) electrons. The Morgan fingerprint density at radius 1 is 1.32 bits per heavy atom. The van der Waals surface area contributed by atoms with E-state index in [2.05, 4.69) is 32.9 Å². The van der Waals surface area contributed by atoms with Crippen molar-refractivity contribution in [2.24, 2.45) is 0 Å². The second-order valence-electron chi connectivity index (χ2n) is 5.34. The van der Waals surface area contributed by atoms with Crippen molar-refractivity contribution < 1.29 is 4.79 Å². The molecule has 0 saturated carbocycles. The van der Waals surface area contributed by atoms with Gasteiger partial charge in [-0.2, -0.15) is 0 Å². The molecule has 6 heteroatoms. The molecule has 0 aliphatic heterocycles. The highest BCUT2D eigenvalue weighted by Gasteiger charge is 2.07. The van der Waals surface area contributed by atoms with Crippen molar-refractivity contribution in [3.8, 4) is 0 Å². The molecule has 0 saturated heterocycles. The lowest BCUT2D eigenvalue weighted by atomic mass is 10.1. The summed E-state index contributed by atoms with van der Waals surface area (Å²) in [6.07, 6.45) is 1.43. The number of hydrogen-bond donors (Lipinski definition) is 1. The second-order valence-corrected chi connectivity index (χ2v) is 6.58. The lowest BCUT2D eigenvalue weighted by Crippen LogP contribution is -2.32. The Bertz CT molecular complexity index is 708. The lowest BCUT2D eigenvalue weighted by molar-refractivity contribution is -0.121. The van der Waals surface area contributed by atoms with E-state index in [-0.39, 0.29) is 23.9 Å². The summed E-state index contributed by atoms with van der Waals surface area (Å²) in [4.78, 5) is 28.1. The minimum absolute atomic E-state index is 0.0193. The highest BCUT2D eigenvalue weighted by Crippen LogP contribution is 2.07. The van der Waals surface area contributed by atoms with E-state index >= 15 is 0 Å². The molecule has 1 amide bonds. The van der Waals surface area contributed by atoms with Gasteiger partial charge in [0.15, 0.2) is 0 Å². The summed E-state index contributed by atoms with van der Waals surface area (Å²) >= 11 is 2.23. The average molecular weight is 411 g/mol. The molecule has 2 rings (SSSR count). The van der Waals surface area contributed by atoms with Crippen molar-refractivity contribution in [1.82, 2.24) is 14.9 Å². The topological polar surface area (TPSA) is 64.0 Å². The molecule has 0 bridgehead atoms. The van der Waals surface area contributed by atoms with Crippen LogP contribution in [0.25, 0.3) is 0 Å². The Labute approximate surface area is 142 Å². The number of benzene rings is 1. The van der Waals surface area contributed by atoms with Gasteiger partial charge < -0.3 is 5.32 Å². The first-order chi connectivity index (χ1) is 10.5. The van der Waals surface area contributed by atoms with E-state index in [0.29, 0.717) is 6.54 Å². The van der Waals surface area contributed by atoms with E-state index < -0.39 is 0 Å². The van der Waals surface area contributed by atoms with Crippen molar-refractivity contribution >= 4 is 28.5 Å². The molecule has 0 fully saturated rings. The van der Waals surface area contributed by atoms with Crippen LogP contribution in [0.5, 0.6) is 0 Å². The van der Waals surface area contributed by atoms with Crippen molar-refractivity contribution in [1.29, 1.82) is 0 Å². The van der Waals surface area contributed by atoms with Crippen LogP contribution in [-0.2, 0) is 17.9 Å². The zero-order chi connectivity index (χ0) is 16.1. The summed E-state index contributed by atoms with van der Waals surface area (Å²) in [5.74, 6) is -0.0169. The summed E-state index contributed by atoms with van der Waals surface area (Å²) in [7, 11) is 0. The first-order valence-corrected chi connectivity index (χ1v) is 8.11. The second kappa shape index (κ2) is 7.53. The van der Waals surface area contributed by atoms with Gasteiger partial charge in [-0.15, -0.1) is 0 Å². The van der Waals surface area contributed by atoms with Crippen molar-refractivity contribution in [2.45, 2.75) is 32.9 Å². The summed E-state index contributed by atoms with van der Waals surface area (Å²) in [5, 5.41) is 2.80. The van der Waals surface area contributed by atoms with Crippen LogP contribution >= 0.6 is 22.6 Å². The molecule has 0 aliphatic rings. The van der Waals surface area contributed by atoms with E-state index in [1.807, 2.05) is 38.1 Å². The predicted molar refractivity (Wildman–Crippen MR) is 93.6 cm³/mol. The van der Waals surface area contributed by atoms with Crippen LogP contribution < -0.4 is 10.9 Å². The molecule has 1 aromatic carbocycles. The predicted octanol–water partition coefficient (Wildman–Crippen LogP) is 2.29. The molecule has 1 heterocycles. The molecule has 0 spiro atoms. The average Bonchev–Trinajstić information content (AvgIpc) is 2.48. The minimum Gasteiger partial charge on any atom is -0.350 e. The Balaban J connectivity index is 1.94. The third kappa shape index (κ3) is 4.66. The van der Waals surface area contributed by atoms with Crippen molar-refractivity contribution in [2.75, 3.05) is 0 Å². The summed E-state index contributed by atoms with van der Waals surface area (Å²) in [5.41, 5.74) is 1.55. The first kappa shape index (κ1) is 16.7. The molecular formula is C16H18IN3O2. The van der Waals surface area contributed by atoms with Crippen molar-refractivity contribution in [3.05, 3.63) is 61.8 Å². The highest BCUT2D eigenvalue weighted by atomic mass is 127. The Kier molecular flexibility index (Phi) is 5.70. The summed E-state index contributed by atoms with van der Waals surface area (Å²) < 4.78 is 2.46. The van der Waals surface area contributed by atoms with Crippen LogP contribution in [0.1, 0.15) is 31.0 Å². The fourth-order valence-corrected chi connectivity index (χ4v) is 2.25. The van der Waals surface area contributed by atoms with Gasteiger partial charge in [-0.3, -0.25) is 14.2 Å². The molecule has 22 heavy (non-hydrogen) atoms. The van der Waals surface area contributed by atoms with Gasteiger partial charge in [0.05, 0.1) is 12.0 Å². The number of aromatic nitrogens is 2. The summed E-state index contributed by atoms with van der Waals surface area (Å²) in [6, 6.07) is 9.39. The number of nitrogens with zero attached hydrogens (tertiary/aromatic N) is 2. The van der Waals surface area contributed by atoms with Gasteiger partial charge in [0, 0.05) is 16.2 Å². The Morgan fingerprint density at radius 2 is 2.00 bits per heavy atom. The zero-order valence-electron chi connectivity index (χ0n) is 12.5. The SMILES string of the molecule is CC(C)c1cc(=O)n(CC(=O)NCc2ccc(I)cc2)cn1. The van der Waals surface area contributed by atoms with Crippen LogP contribution in [-0.4, -0.2) is 15.5 Å². The lowest BCUT2D eigenvalue weighted by Gasteiger charge is -2.09.